The number of primary amides is 1. The van der Waals surface area contributed by atoms with E-state index in [-0.39, 0.29) is 23.2 Å². The molecule has 0 aliphatic carbocycles. The van der Waals surface area contributed by atoms with Crippen LogP contribution in [0.15, 0.2) is 6.33 Å². The van der Waals surface area contributed by atoms with Crippen molar-refractivity contribution in [1.82, 2.24) is 9.97 Å². The van der Waals surface area contributed by atoms with E-state index >= 15 is 0 Å². The van der Waals surface area contributed by atoms with Gasteiger partial charge < -0.3 is 16.4 Å². The summed E-state index contributed by atoms with van der Waals surface area (Å²) in [6.45, 7) is 0.467. The molecular formula is C10H16N6O3. The number of unbranched alkanes of at least 4 members (excludes halogenated alkanes) is 1. The molecule has 104 valence electrons. The Morgan fingerprint density at radius 2 is 2.11 bits per heavy atom. The molecule has 0 saturated heterocycles. The van der Waals surface area contributed by atoms with Gasteiger partial charge in [0.15, 0.2) is 0 Å². The monoisotopic (exact) mass is 268 g/mol. The third-order valence-electron chi connectivity index (χ3n) is 2.38. The molecule has 0 unspecified atom stereocenters. The van der Waals surface area contributed by atoms with E-state index in [4.69, 9.17) is 5.73 Å². The minimum absolute atomic E-state index is 0.152. The van der Waals surface area contributed by atoms with Gasteiger partial charge in [-0.05, 0) is 12.8 Å². The van der Waals surface area contributed by atoms with E-state index in [0.717, 1.165) is 0 Å². The Kier molecular flexibility index (Phi) is 5.45. The van der Waals surface area contributed by atoms with Gasteiger partial charge in [-0.1, -0.05) is 0 Å². The summed E-state index contributed by atoms with van der Waals surface area (Å²) in [6.07, 6.45) is 2.83. The van der Waals surface area contributed by atoms with Crippen LogP contribution in [0.25, 0.3) is 0 Å². The van der Waals surface area contributed by atoms with Crippen molar-refractivity contribution in [2.75, 3.05) is 24.2 Å². The maximum absolute atomic E-state index is 11.0. The van der Waals surface area contributed by atoms with E-state index in [1.807, 2.05) is 0 Å². The lowest BCUT2D eigenvalue weighted by Crippen LogP contribution is -2.12. The van der Waals surface area contributed by atoms with Crippen LogP contribution in [0.3, 0.4) is 0 Å². The molecule has 1 aromatic rings. The Hall–Kier alpha value is -2.45. The van der Waals surface area contributed by atoms with E-state index in [1.165, 1.54) is 6.33 Å². The lowest BCUT2D eigenvalue weighted by Gasteiger charge is -2.07. The first-order chi connectivity index (χ1) is 9.06. The molecule has 0 spiro atoms. The summed E-state index contributed by atoms with van der Waals surface area (Å²) in [7, 11) is 1.55. The number of hydrogen-bond donors (Lipinski definition) is 3. The number of anilines is 2. The highest BCUT2D eigenvalue weighted by atomic mass is 16.6. The number of carbonyl (C=O) groups excluding carboxylic acids is 1. The molecular weight excluding hydrogens is 252 g/mol. The van der Waals surface area contributed by atoms with Crippen LogP contribution in [0.1, 0.15) is 19.3 Å². The zero-order valence-electron chi connectivity index (χ0n) is 10.5. The van der Waals surface area contributed by atoms with Gasteiger partial charge in [-0.3, -0.25) is 14.9 Å². The fourth-order valence-electron chi connectivity index (χ4n) is 1.50. The predicted molar refractivity (Wildman–Crippen MR) is 69.8 cm³/mol. The molecule has 1 rings (SSSR count). The Morgan fingerprint density at radius 1 is 1.42 bits per heavy atom. The molecule has 1 aromatic heterocycles. The van der Waals surface area contributed by atoms with Crippen molar-refractivity contribution in [3.05, 3.63) is 16.4 Å². The molecule has 0 aromatic carbocycles. The van der Waals surface area contributed by atoms with E-state index in [9.17, 15) is 14.9 Å². The molecule has 0 fully saturated rings. The van der Waals surface area contributed by atoms with Gasteiger partial charge >= 0.3 is 5.69 Å². The summed E-state index contributed by atoms with van der Waals surface area (Å²) in [4.78, 5) is 28.6. The van der Waals surface area contributed by atoms with Crippen molar-refractivity contribution < 1.29 is 9.72 Å². The van der Waals surface area contributed by atoms with Crippen LogP contribution < -0.4 is 16.4 Å². The number of nitro groups is 1. The van der Waals surface area contributed by atoms with Gasteiger partial charge in [-0.25, -0.2) is 9.97 Å². The normalized spacial score (nSPS) is 9.95. The van der Waals surface area contributed by atoms with Crippen molar-refractivity contribution in [2.24, 2.45) is 5.73 Å². The van der Waals surface area contributed by atoms with Crippen molar-refractivity contribution in [3.63, 3.8) is 0 Å². The van der Waals surface area contributed by atoms with Gasteiger partial charge in [0, 0.05) is 20.0 Å². The SMILES string of the molecule is CNc1ncnc(NCCCCC(N)=O)c1[N+](=O)[O-]. The maximum atomic E-state index is 11.0. The highest BCUT2D eigenvalue weighted by Crippen LogP contribution is 2.28. The van der Waals surface area contributed by atoms with Gasteiger partial charge in [-0.15, -0.1) is 0 Å². The zero-order valence-corrected chi connectivity index (χ0v) is 10.5. The van der Waals surface area contributed by atoms with Gasteiger partial charge in [0.25, 0.3) is 0 Å². The second-order valence-corrected chi connectivity index (χ2v) is 3.78. The van der Waals surface area contributed by atoms with Crippen molar-refractivity contribution in [2.45, 2.75) is 19.3 Å². The number of nitrogens with zero attached hydrogens (tertiary/aromatic N) is 3. The average Bonchev–Trinajstić information content (AvgIpc) is 2.37. The van der Waals surface area contributed by atoms with Crippen LogP contribution in [-0.4, -0.2) is 34.4 Å². The van der Waals surface area contributed by atoms with Crippen LogP contribution >= 0.6 is 0 Å². The molecule has 9 heteroatoms. The summed E-state index contributed by atoms with van der Waals surface area (Å²) in [5, 5.41) is 16.5. The van der Waals surface area contributed by atoms with Crippen molar-refractivity contribution in [1.29, 1.82) is 0 Å². The molecule has 0 saturated carbocycles. The fourth-order valence-corrected chi connectivity index (χ4v) is 1.50. The molecule has 19 heavy (non-hydrogen) atoms. The number of amides is 1. The van der Waals surface area contributed by atoms with E-state index in [1.54, 1.807) is 7.05 Å². The van der Waals surface area contributed by atoms with Gasteiger partial charge in [0.2, 0.25) is 17.5 Å². The quantitative estimate of drug-likeness (QED) is 0.354. The second kappa shape index (κ2) is 7.09. The number of carbonyl (C=O) groups is 1. The summed E-state index contributed by atoms with van der Waals surface area (Å²) < 4.78 is 0. The third kappa shape index (κ3) is 4.37. The number of nitrogens with one attached hydrogen (secondary N) is 2. The van der Waals surface area contributed by atoms with Crippen LogP contribution in [0, 0.1) is 10.1 Å². The molecule has 0 aliphatic rings. The molecule has 1 heterocycles. The minimum atomic E-state index is -0.544. The molecule has 4 N–H and O–H groups in total. The highest BCUT2D eigenvalue weighted by Gasteiger charge is 2.21. The molecule has 9 nitrogen and oxygen atoms in total. The zero-order chi connectivity index (χ0) is 14.3. The Bertz CT molecular complexity index is 465. The lowest BCUT2D eigenvalue weighted by atomic mass is 10.2. The van der Waals surface area contributed by atoms with E-state index in [0.29, 0.717) is 25.8 Å². The topological polar surface area (TPSA) is 136 Å². The molecule has 0 bridgehead atoms. The smallest absolute Gasteiger partial charge is 0.353 e. The van der Waals surface area contributed by atoms with Gasteiger partial charge in [0.05, 0.1) is 4.92 Å². The van der Waals surface area contributed by atoms with Crippen LogP contribution in [0.2, 0.25) is 0 Å². The maximum Gasteiger partial charge on any atom is 0.353 e. The second-order valence-electron chi connectivity index (χ2n) is 3.78. The average molecular weight is 268 g/mol. The highest BCUT2D eigenvalue weighted by molar-refractivity contribution is 5.73. The lowest BCUT2D eigenvalue weighted by molar-refractivity contribution is -0.383. The minimum Gasteiger partial charge on any atom is -0.370 e. The third-order valence-corrected chi connectivity index (χ3v) is 2.38. The fraction of sp³-hybridized carbons (Fsp3) is 0.500. The first-order valence-corrected chi connectivity index (χ1v) is 5.75. The molecule has 0 radical (unpaired) electrons. The van der Waals surface area contributed by atoms with Gasteiger partial charge in [-0.2, -0.15) is 0 Å². The van der Waals surface area contributed by atoms with E-state index in [2.05, 4.69) is 20.6 Å². The summed E-state index contributed by atoms with van der Waals surface area (Å²) in [5.74, 6) is -0.0476. The first kappa shape index (κ1) is 14.6. The number of hydrogen-bond acceptors (Lipinski definition) is 7. The number of rotatable bonds is 8. The molecule has 0 aliphatic heterocycles. The Balaban J connectivity index is 2.62. The molecule has 0 atom stereocenters. The summed E-state index contributed by atoms with van der Waals surface area (Å²) >= 11 is 0. The first-order valence-electron chi connectivity index (χ1n) is 5.75. The number of aromatic nitrogens is 2. The van der Waals surface area contributed by atoms with Crippen molar-refractivity contribution >= 4 is 23.2 Å². The number of nitrogens with two attached hydrogens (primary N) is 1. The Morgan fingerprint density at radius 3 is 2.68 bits per heavy atom. The van der Waals surface area contributed by atoms with Crippen LogP contribution in [0.5, 0.6) is 0 Å². The van der Waals surface area contributed by atoms with Gasteiger partial charge in [0.1, 0.15) is 6.33 Å². The van der Waals surface area contributed by atoms with E-state index < -0.39 is 4.92 Å². The summed E-state index contributed by atoms with van der Waals surface area (Å²) in [5.41, 5.74) is 4.82. The van der Waals surface area contributed by atoms with Crippen LogP contribution in [0.4, 0.5) is 17.3 Å². The standard InChI is InChI=1S/C10H16N6O3/c1-12-9-8(16(18)19)10(15-6-14-9)13-5-3-2-4-7(11)17/h6H,2-5H2,1H3,(H2,11,17)(H2,12,13,14,15). The Labute approximate surface area is 109 Å². The largest absolute Gasteiger partial charge is 0.370 e. The summed E-state index contributed by atoms with van der Waals surface area (Å²) in [6, 6.07) is 0. The molecule has 1 amide bonds. The predicted octanol–water partition coefficient (Wildman–Crippen LogP) is 0.494. The van der Waals surface area contributed by atoms with Crippen LogP contribution in [-0.2, 0) is 4.79 Å². The van der Waals surface area contributed by atoms with Crippen molar-refractivity contribution in [3.8, 4) is 0 Å².